The Morgan fingerprint density at radius 2 is 2.13 bits per heavy atom. The molecule has 0 aliphatic carbocycles. The molecule has 1 rings (SSSR count). The van der Waals surface area contributed by atoms with Crippen molar-refractivity contribution >= 4 is 28.3 Å². The van der Waals surface area contributed by atoms with Crippen LogP contribution in [0.25, 0.3) is 0 Å². The molecule has 1 aromatic rings. The Morgan fingerprint density at radius 1 is 1.53 bits per heavy atom. The van der Waals surface area contributed by atoms with Crippen LogP contribution in [0, 0.1) is 0 Å². The zero-order valence-electron chi connectivity index (χ0n) is 9.11. The van der Waals surface area contributed by atoms with Gasteiger partial charge in [0.1, 0.15) is 0 Å². The average Bonchev–Trinajstić information content (AvgIpc) is 2.61. The minimum Gasteiger partial charge on any atom is -0.465 e. The number of methoxy groups -OCH3 is 1. The third kappa shape index (κ3) is 2.38. The minimum atomic E-state index is -0.427. The van der Waals surface area contributed by atoms with E-state index in [-0.39, 0.29) is 5.82 Å². The molecular formula is C9H15N3O2S. The molecular weight excluding hydrogens is 214 g/mol. The van der Waals surface area contributed by atoms with Crippen molar-refractivity contribution in [2.45, 2.75) is 13.8 Å². The van der Waals surface area contributed by atoms with E-state index in [4.69, 9.17) is 5.73 Å². The van der Waals surface area contributed by atoms with Crippen LogP contribution in [0.5, 0.6) is 0 Å². The zero-order valence-corrected chi connectivity index (χ0v) is 9.93. The molecule has 0 radical (unpaired) electrons. The van der Waals surface area contributed by atoms with Crippen LogP contribution in [-0.4, -0.2) is 31.2 Å². The van der Waals surface area contributed by atoms with E-state index in [0.29, 0.717) is 4.88 Å². The fraction of sp³-hybridized carbons (Fsp3) is 0.556. The van der Waals surface area contributed by atoms with Gasteiger partial charge in [0.2, 0.25) is 0 Å². The van der Waals surface area contributed by atoms with E-state index in [9.17, 15) is 4.79 Å². The van der Waals surface area contributed by atoms with Crippen molar-refractivity contribution in [1.82, 2.24) is 4.98 Å². The Kier molecular flexibility index (Phi) is 3.90. The first-order valence-corrected chi connectivity index (χ1v) is 5.55. The fourth-order valence-electron chi connectivity index (χ4n) is 1.19. The lowest BCUT2D eigenvalue weighted by Gasteiger charge is -2.16. The van der Waals surface area contributed by atoms with E-state index in [2.05, 4.69) is 9.72 Å². The Bertz CT molecular complexity index is 347. The minimum absolute atomic E-state index is 0.244. The third-order valence-electron chi connectivity index (χ3n) is 2.05. The molecule has 5 nitrogen and oxygen atoms in total. The summed E-state index contributed by atoms with van der Waals surface area (Å²) in [7, 11) is 1.33. The quantitative estimate of drug-likeness (QED) is 0.789. The van der Waals surface area contributed by atoms with E-state index >= 15 is 0 Å². The van der Waals surface area contributed by atoms with Crippen LogP contribution >= 0.6 is 11.3 Å². The summed E-state index contributed by atoms with van der Waals surface area (Å²) in [5, 5.41) is 0.762. The second-order valence-electron chi connectivity index (χ2n) is 2.87. The van der Waals surface area contributed by atoms with Gasteiger partial charge >= 0.3 is 5.97 Å². The van der Waals surface area contributed by atoms with Gasteiger partial charge in [-0.1, -0.05) is 11.3 Å². The van der Waals surface area contributed by atoms with Crippen molar-refractivity contribution < 1.29 is 9.53 Å². The number of esters is 1. The van der Waals surface area contributed by atoms with Crippen molar-refractivity contribution in [1.29, 1.82) is 0 Å². The Morgan fingerprint density at radius 3 is 2.60 bits per heavy atom. The Hall–Kier alpha value is -1.30. The SMILES string of the molecule is CCN(CC)c1nc(N)c(C(=O)OC)s1. The summed E-state index contributed by atoms with van der Waals surface area (Å²) in [5.74, 6) is -0.183. The maximum absolute atomic E-state index is 11.3. The number of nitrogens with two attached hydrogens (primary N) is 1. The Labute approximate surface area is 92.9 Å². The standard InChI is InChI=1S/C9H15N3O2S/c1-4-12(5-2)9-11-7(10)6(15-9)8(13)14-3/h4-5,10H2,1-3H3. The topological polar surface area (TPSA) is 68.5 Å². The number of ether oxygens (including phenoxy) is 1. The molecule has 0 saturated heterocycles. The summed E-state index contributed by atoms with van der Waals surface area (Å²) >= 11 is 1.26. The highest BCUT2D eigenvalue weighted by atomic mass is 32.1. The predicted molar refractivity (Wildman–Crippen MR) is 61.4 cm³/mol. The molecule has 1 aromatic heterocycles. The molecule has 0 aliphatic heterocycles. The highest BCUT2D eigenvalue weighted by Crippen LogP contribution is 2.28. The van der Waals surface area contributed by atoms with Crippen LogP contribution < -0.4 is 10.6 Å². The molecule has 0 aromatic carbocycles. The summed E-state index contributed by atoms with van der Waals surface area (Å²) < 4.78 is 4.61. The van der Waals surface area contributed by atoms with Gasteiger partial charge in [-0.15, -0.1) is 0 Å². The first-order chi connectivity index (χ1) is 7.13. The lowest BCUT2D eigenvalue weighted by Crippen LogP contribution is -2.21. The van der Waals surface area contributed by atoms with Crippen LogP contribution in [0.15, 0.2) is 0 Å². The normalized spacial score (nSPS) is 10.1. The fourth-order valence-corrected chi connectivity index (χ4v) is 2.22. The summed E-state index contributed by atoms with van der Waals surface area (Å²) in [6.45, 7) is 5.73. The molecule has 0 fully saturated rings. The molecule has 0 bridgehead atoms. The monoisotopic (exact) mass is 229 g/mol. The van der Waals surface area contributed by atoms with E-state index in [1.807, 2.05) is 18.7 Å². The number of thiazole rings is 1. The first-order valence-electron chi connectivity index (χ1n) is 4.73. The second-order valence-corrected chi connectivity index (χ2v) is 3.85. The van der Waals surface area contributed by atoms with Crippen LogP contribution in [0.1, 0.15) is 23.5 Å². The van der Waals surface area contributed by atoms with Gasteiger partial charge < -0.3 is 15.4 Å². The second kappa shape index (κ2) is 4.97. The number of rotatable bonds is 4. The summed E-state index contributed by atoms with van der Waals surface area (Å²) in [6, 6.07) is 0. The maximum atomic E-state index is 11.3. The summed E-state index contributed by atoms with van der Waals surface area (Å²) in [6.07, 6.45) is 0. The highest BCUT2D eigenvalue weighted by Gasteiger charge is 2.18. The number of hydrogen-bond donors (Lipinski definition) is 1. The van der Waals surface area contributed by atoms with Gasteiger partial charge in [-0.25, -0.2) is 9.78 Å². The lowest BCUT2D eigenvalue weighted by molar-refractivity contribution is 0.0607. The van der Waals surface area contributed by atoms with Gasteiger partial charge in [-0.2, -0.15) is 0 Å². The molecule has 1 heterocycles. The van der Waals surface area contributed by atoms with Crippen molar-refractivity contribution in [3.63, 3.8) is 0 Å². The molecule has 0 saturated carbocycles. The van der Waals surface area contributed by atoms with Crippen molar-refractivity contribution in [3.8, 4) is 0 Å². The van der Waals surface area contributed by atoms with Crippen molar-refractivity contribution in [2.24, 2.45) is 0 Å². The van der Waals surface area contributed by atoms with Gasteiger partial charge in [0.25, 0.3) is 0 Å². The maximum Gasteiger partial charge on any atom is 0.351 e. The van der Waals surface area contributed by atoms with Gasteiger partial charge in [0.05, 0.1) is 7.11 Å². The highest BCUT2D eigenvalue weighted by molar-refractivity contribution is 7.18. The van der Waals surface area contributed by atoms with Crippen molar-refractivity contribution in [3.05, 3.63) is 4.88 Å². The number of carbonyl (C=O) groups is 1. The molecule has 2 N–H and O–H groups in total. The third-order valence-corrected chi connectivity index (χ3v) is 3.16. The predicted octanol–water partition coefficient (Wildman–Crippen LogP) is 1.36. The van der Waals surface area contributed by atoms with Gasteiger partial charge in [-0.3, -0.25) is 0 Å². The van der Waals surface area contributed by atoms with Gasteiger partial charge in [0, 0.05) is 13.1 Å². The lowest BCUT2D eigenvalue weighted by atomic mass is 10.5. The van der Waals surface area contributed by atoms with E-state index < -0.39 is 5.97 Å². The first kappa shape index (κ1) is 11.8. The number of nitrogens with zero attached hydrogens (tertiary/aromatic N) is 2. The van der Waals surface area contributed by atoms with E-state index in [1.165, 1.54) is 18.4 Å². The molecule has 84 valence electrons. The number of nitrogen functional groups attached to an aromatic ring is 1. The molecule has 0 unspecified atom stereocenters. The number of hydrogen-bond acceptors (Lipinski definition) is 6. The zero-order chi connectivity index (χ0) is 11.4. The molecule has 0 spiro atoms. The largest absolute Gasteiger partial charge is 0.465 e. The van der Waals surface area contributed by atoms with Crippen LogP contribution in [0.4, 0.5) is 10.9 Å². The number of carbonyl (C=O) groups excluding carboxylic acids is 1. The summed E-state index contributed by atoms with van der Waals surface area (Å²) in [4.78, 5) is 17.8. The molecule has 15 heavy (non-hydrogen) atoms. The average molecular weight is 229 g/mol. The van der Waals surface area contributed by atoms with Gasteiger partial charge in [0.15, 0.2) is 15.8 Å². The van der Waals surface area contributed by atoms with E-state index in [1.54, 1.807) is 0 Å². The molecule has 0 aliphatic rings. The van der Waals surface area contributed by atoms with Crippen LogP contribution in [0.2, 0.25) is 0 Å². The summed E-state index contributed by atoms with van der Waals surface area (Å²) in [5.41, 5.74) is 5.64. The molecule has 0 amide bonds. The number of aromatic nitrogens is 1. The number of anilines is 2. The van der Waals surface area contributed by atoms with Crippen LogP contribution in [-0.2, 0) is 4.74 Å². The van der Waals surface area contributed by atoms with Gasteiger partial charge in [-0.05, 0) is 13.8 Å². The van der Waals surface area contributed by atoms with E-state index in [0.717, 1.165) is 18.2 Å². The molecule has 6 heteroatoms. The molecule has 0 atom stereocenters. The van der Waals surface area contributed by atoms with Crippen LogP contribution in [0.3, 0.4) is 0 Å². The smallest absolute Gasteiger partial charge is 0.351 e. The van der Waals surface area contributed by atoms with Crippen molar-refractivity contribution in [2.75, 3.05) is 30.8 Å². The Balaban J connectivity index is 2.99.